The molecule has 0 aliphatic carbocycles. The second kappa shape index (κ2) is 7.21. The van der Waals surface area contributed by atoms with Crippen molar-refractivity contribution >= 4 is 24.0 Å². The molecule has 0 radical (unpaired) electrons. The number of pyridine rings is 1. The molecule has 0 bridgehead atoms. The van der Waals surface area contributed by atoms with Crippen molar-refractivity contribution in [1.82, 2.24) is 14.8 Å². The monoisotopic (exact) mass is 316 g/mol. The van der Waals surface area contributed by atoms with Gasteiger partial charge in [-0.15, -0.1) is 0 Å². The van der Waals surface area contributed by atoms with Gasteiger partial charge < -0.3 is 9.80 Å². The van der Waals surface area contributed by atoms with Crippen LogP contribution in [-0.2, 0) is 0 Å². The van der Waals surface area contributed by atoms with Crippen LogP contribution in [0.3, 0.4) is 0 Å². The number of urea groups is 1. The Morgan fingerprint density at radius 1 is 1.43 bits per heavy atom. The number of aromatic nitrogens is 1. The number of nitrogens with one attached hydrogen (secondary N) is 2. The topological polar surface area (TPSA) is 87.4 Å². The molecule has 124 valence electrons. The van der Waals surface area contributed by atoms with E-state index in [1.165, 1.54) is 4.90 Å². The van der Waals surface area contributed by atoms with E-state index in [9.17, 15) is 4.79 Å². The summed E-state index contributed by atoms with van der Waals surface area (Å²) in [5.74, 6) is 0.721. The van der Waals surface area contributed by atoms with E-state index in [1.807, 2.05) is 25.7 Å². The molecule has 7 nitrogen and oxygen atoms in total. The van der Waals surface area contributed by atoms with Crippen LogP contribution in [0.25, 0.3) is 0 Å². The van der Waals surface area contributed by atoms with E-state index < -0.39 is 0 Å². The third-order valence-corrected chi connectivity index (χ3v) is 3.80. The first-order valence-electron chi connectivity index (χ1n) is 7.91. The van der Waals surface area contributed by atoms with Gasteiger partial charge >= 0.3 is 6.03 Å². The predicted molar refractivity (Wildman–Crippen MR) is 91.4 cm³/mol. The number of carbonyl (C=O) groups excluding carboxylic acids is 1. The van der Waals surface area contributed by atoms with E-state index in [0.29, 0.717) is 24.6 Å². The summed E-state index contributed by atoms with van der Waals surface area (Å²) in [6.45, 7) is 7.94. The molecule has 1 fully saturated rings. The fourth-order valence-corrected chi connectivity index (χ4v) is 2.58. The van der Waals surface area contributed by atoms with Crippen molar-refractivity contribution < 1.29 is 4.79 Å². The third kappa shape index (κ3) is 3.49. The molecular formula is C16H24N6O. The van der Waals surface area contributed by atoms with Crippen molar-refractivity contribution in [3.63, 3.8) is 0 Å². The predicted octanol–water partition coefficient (Wildman–Crippen LogP) is 2.38. The van der Waals surface area contributed by atoms with E-state index in [1.54, 1.807) is 23.1 Å². The SMILES string of the molecule is CCCN1CCN(c2cccc(C(=N)N(C=N)C(C)C)n2)C1=O. The van der Waals surface area contributed by atoms with Crippen molar-refractivity contribution in [1.29, 1.82) is 10.8 Å². The molecule has 23 heavy (non-hydrogen) atoms. The van der Waals surface area contributed by atoms with Gasteiger partial charge in [-0.05, 0) is 32.4 Å². The molecule has 0 aromatic carbocycles. The zero-order chi connectivity index (χ0) is 17.0. The summed E-state index contributed by atoms with van der Waals surface area (Å²) in [5, 5.41) is 15.7. The van der Waals surface area contributed by atoms with Gasteiger partial charge in [-0.25, -0.2) is 9.78 Å². The highest BCUT2D eigenvalue weighted by Gasteiger charge is 2.30. The summed E-state index contributed by atoms with van der Waals surface area (Å²) in [5.41, 5.74) is 0.460. The van der Waals surface area contributed by atoms with Crippen molar-refractivity contribution in [2.75, 3.05) is 24.5 Å². The van der Waals surface area contributed by atoms with Gasteiger partial charge in [0.15, 0.2) is 5.84 Å². The molecule has 1 aromatic heterocycles. The molecule has 0 saturated carbocycles. The summed E-state index contributed by atoms with van der Waals surface area (Å²) in [6, 6.07) is 5.28. The van der Waals surface area contributed by atoms with Crippen LogP contribution in [0, 0.1) is 10.8 Å². The van der Waals surface area contributed by atoms with E-state index in [2.05, 4.69) is 4.98 Å². The fraction of sp³-hybridized carbons (Fsp3) is 0.500. The first-order chi connectivity index (χ1) is 11.0. The van der Waals surface area contributed by atoms with Gasteiger partial charge in [0.1, 0.15) is 11.5 Å². The summed E-state index contributed by atoms with van der Waals surface area (Å²) < 4.78 is 0. The van der Waals surface area contributed by atoms with Gasteiger partial charge in [0, 0.05) is 25.7 Å². The summed E-state index contributed by atoms with van der Waals surface area (Å²) in [4.78, 5) is 21.8. The Hall–Kier alpha value is -2.44. The van der Waals surface area contributed by atoms with Gasteiger partial charge in [0.05, 0.1) is 6.34 Å². The average molecular weight is 316 g/mol. The summed E-state index contributed by atoms with van der Waals surface area (Å²) >= 11 is 0. The lowest BCUT2D eigenvalue weighted by molar-refractivity contribution is 0.220. The molecule has 7 heteroatoms. The highest BCUT2D eigenvalue weighted by Crippen LogP contribution is 2.19. The summed E-state index contributed by atoms with van der Waals surface area (Å²) in [7, 11) is 0. The number of amides is 2. The zero-order valence-electron chi connectivity index (χ0n) is 13.9. The molecule has 2 rings (SSSR count). The van der Waals surface area contributed by atoms with Gasteiger partial charge in [0.25, 0.3) is 0 Å². The smallest absolute Gasteiger partial charge is 0.323 e. The highest BCUT2D eigenvalue weighted by molar-refractivity contribution is 6.01. The molecule has 1 saturated heterocycles. The minimum absolute atomic E-state index is 0.001000. The summed E-state index contributed by atoms with van der Waals surface area (Å²) in [6.07, 6.45) is 2.06. The molecule has 2 amide bonds. The zero-order valence-corrected chi connectivity index (χ0v) is 13.9. The second-order valence-electron chi connectivity index (χ2n) is 5.78. The lowest BCUT2D eigenvalue weighted by Crippen LogP contribution is -2.36. The van der Waals surface area contributed by atoms with Crippen LogP contribution in [-0.4, -0.2) is 58.7 Å². The van der Waals surface area contributed by atoms with Crippen LogP contribution in [0.5, 0.6) is 0 Å². The van der Waals surface area contributed by atoms with Crippen LogP contribution in [0.2, 0.25) is 0 Å². The van der Waals surface area contributed by atoms with Gasteiger partial charge in [0.2, 0.25) is 0 Å². The van der Waals surface area contributed by atoms with Crippen LogP contribution < -0.4 is 4.90 Å². The Morgan fingerprint density at radius 3 is 2.78 bits per heavy atom. The van der Waals surface area contributed by atoms with Crippen molar-refractivity contribution in [3.8, 4) is 0 Å². The molecule has 1 aromatic rings. The number of anilines is 1. The Bertz CT molecular complexity index is 600. The molecule has 2 N–H and O–H groups in total. The molecule has 0 unspecified atom stereocenters. The Labute approximate surface area is 136 Å². The average Bonchev–Trinajstić information content (AvgIpc) is 2.89. The van der Waals surface area contributed by atoms with Gasteiger partial charge in [-0.2, -0.15) is 0 Å². The minimum Gasteiger partial charge on any atom is -0.323 e. The Morgan fingerprint density at radius 2 is 2.17 bits per heavy atom. The minimum atomic E-state index is -0.0317. The maximum absolute atomic E-state index is 12.4. The Kier molecular flexibility index (Phi) is 5.31. The second-order valence-corrected chi connectivity index (χ2v) is 5.78. The van der Waals surface area contributed by atoms with E-state index in [-0.39, 0.29) is 17.9 Å². The number of hydrogen-bond donors (Lipinski definition) is 2. The van der Waals surface area contributed by atoms with E-state index in [4.69, 9.17) is 10.8 Å². The van der Waals surface area contributed by atoms with Crippen molar-refractivity contribution in [2.24, 2.45) is 0 Å². The van der Waals surface area contributed by atoms with Gasteiger partial charge in [-0.3, -0.25) is 15.7 Å². The largest absolute Gasteiger partial charge is 0.325 e. The maximum Gasteiger partial charge on any atom is 0.325 e. The van der Waals surface area contributed by atoms with Gasteiger partial charge in [-0.1, -0.05) is 13.0 Å². The number of rotatable bonds is 6. The van der Waals surface area contributed by atoms with E-state index >= 15 is 0 Å². The molecule has 1 aliphatic rings. The fourth-order valence-electron chi connectivity index (χ4n) is 2.58. The van der Waals surface area contributed by atoms with Crippen molar-refractivity contribution in [3.05, 3.63) is 23.9 Å². The molecule has 0 atom stereocenters. The standard InChI is InChI=1S/C16H24N6O/c1-4-8-20-9-10-21(16(20)23)14-7-5-6-13(19-14)15(18)22(11-17)12(2)3/h5-7,11-12,17-18H,4,8-10H2,1-3H3. The van der Waals surface area contributed by atoms with Crippen LogP contribution in [0.1, 0.15) is 32.9 Å². The van der Waals surface area contributed by atoms with Crippen LogP contribution in [0.4, 0.5) is 10.6 Å². The lowest BCUT2D eigenvalue weighted by atomic mass is 10.2. The lowest BCUT2D eigenvalue weighted by Gasteiger charge is -2.24. The number of nitrogens with zero attached hydrogens (tertiary/aromatic N) is 4. The van der Waals surface area contributed by atoms with Crippen LogP contribution >= 0.6 is 0 Å². The molecule has 1 aliphatic heterocycles. The first kappa shape index (κ1) is 16.9. The normalized spacial score (nSPS) is 14.5. The number of amidine groups is 1. The Balaban J connectivity index is 2.22. The number of hydrogen-bond acceptors (Lipinski definition) is 4. The van der Waals surface area contributed by atoms with Crippen molar-refractivity contribution in [2.45, 2.75) is 33.2 Å². The first-order valence-corrected chi connectivity index (χ1v) is 7.91. The quantitative estimate of drug-likeness (QED) is 0.624. The highest BCUT2D eigenvalue weighted by atomic mass is 16.2. The van der Waals surface area contributed by atoms with E-state index in [0.717, 1.165) is 19.3 Å². The third-order valence-electron chi connectivity index (χ3n) is 3.80. The maximum atomic E-state index is 12.4. The number of carbonyl (C=O) groups is 1. The van der Waals surface area contributed by atoms with Crippen LogP contribution in [0.15, 0.2) is 18.2 Å². The molecule has 2 heterocycles. The molecular weight excluding hydrogens is 292 g/mol. The molecule has 0 spiro atoms.